The van der Waals surface area contributed by atoms with Gasteiger partial charge >= 0.3 is 0 Å². The van der Waals surface area contributed by atoms with Crippen LogP contribution in [0.5, 0.6) is 17.2 Å². The van der Waals surface area contributed by atoms with Gasteiger partial charge in [-0.05, 0) is 55.5 Å². The maximum Gasteiger partial charge on any atom is 0.251 e. The van der Waals surface area contributed by atoms with Gasteiger partial charge in [-0.25, -0.2) is 0 Å². The molecule has 0 spiro atoms. The molecule has 2 amide bonds. The van der Waals surface area contributed by atoms with Crippen LogP contribution in [0.15, 0.2) is 65.7 Å². The number of fused-ring (bicyclic) bond motifs is 3. The van der Waals surface area contributed by atoms with Crippen LogP contribution >= 0.6 is 11.6 Å². The Morgan fingerprint density at radius 2 is 1.62 bits per heavy atom. The van der Waals surface area contributed by atoms with E-state index in [-0.39, 0.29) is 55.7 Å². The van der Waals surface area contributed by atoms with Crippen LogP contribution in [0.4, 0.5) is 0 Å². The summed E-state index contributed by atoms with van der Waals surface area (Å²) in [6.07, 6.45) is 0.0406. The lowest BCUT2D eigenvalue weighted by Crippen LogP contribution is -2.29. The van der Waals surface area contributed by atoms with E-state index in [4.69, 9.17) is 30.8 Å². The summed E-state index contributed by atoms with van der Waals surface area (Å²) in [7, 11) is 1.61. The molecule has 0 saturated carbocycles. The number of nitrogens with zero attached hydrogens (tertiary/aromatic N) is 4. The van der Waals surface area contributed by atoms with Crippen LogP contribution in [-0.2, 0) is 14.3 Å². The Hall–Kier alpha value is -4.98. The van der Waals surface area contributed by atoms with Crippen LogP contribution < -0.4 is 15.4 Å². The third kappa shape index (κ3) is 8.25. The average molecular weight is 663 g/mol. The molecule has 1 aliphatic heterocycles. The highest BCUT2D eigenvalue weighted by Crippen LogP contribution is 2.34. The number of ether oxygens (including phenoxy) is 3. The van der Waals surface area contributed by atoms with E-state index in [1.54, 1.807) is 19.2 Å². The van der Waals surface area contributed by atoms with E-state index in [0.717, 1.165) is 16.8 Å². The molecule has 0 radical (unpaired) electrons. The first kappa shape index (κ1) is 33.4. The van der Waals surface area contributed by atoms with Crippen molar-refractivity contribution in [1.29, 1.82) is 0 Å². The number of carbonyl (C=O) groups is 2. The number of aliphatic imine (C=N–C) groups is 1. The van der Waals surface area contributed by atoms with Gasteiger partial charge < -0.3 is 35.1 Å². The molecule has 0 bridgehead atoms. The first-order valence-corrected chi connectivity index (χ1v) is 15.3. The van der Waals surface area contributed by atoms with E-state index in [2.05, 4.69) is 20.8 Å². The number of nitrogens with one attached hydrogen (secondary N) is 2. The van der Waals surface area contributed by atoms with Gasteiger partial charge in [0.1, 0.15) is 17.6 Å². The zero-order chi connectivity index (χ0) is 33.3. The van der Waals surface area contributed by atoms with Gasteiger partial charge in [-0.2, -0.15) is 0 Å². The lowest BCUT2D eigenvalue weighted by Gasteiger charge is -2.14. The number of halogens is 1. The first-order valence-electron chi connectivity index (χ1n) is 14.9. The summed E-state index contributed by atoms with van der Waals surface area (Å²) in [6, 6.07) is 16.3. The number of phenolic OH excluding ortho intramolecular Hbond substituents is 2. The Labute approximate surface area is 276 Å². The van der Waals surface area contributed by atoms with Crippen LogP contribution in [0.2, 0.25) is 5.02 Å². The lowest BCUT2D eigenvalue weighted by molar-refractivity contribution is -0.121. The summed E-state index contributed by atoms with van der Waals surface area (Å²) in [4.78, 5) is 30.2. The molecule has 0 saturated heterocycles. The number of benzene rings is 3. The van der Waals surface area contributed by atoms with Crippen molar-refractivity contribution in [3.05, 3.63) is 94.0 Å². The minimum Gasteiger partial charge on any atom is -0.504 e. The number of carbonyl (C=O) groups excluding carboxylic acids is 2. The smallest absolute Gasteiger partial charge is 0.251 e. The number of methoxy groups -OCH3 is 1. The van der Waals surface area contributed by atoms with Gasteiger partial charge in [0, 0.05) is 34.8 Å². The zero-order valence-electron chi connectivity index (χ0n) is 25.9. The summed E-state index contributed by atoms with van der Waals surface area (Å²) in [5.41, 5.74) is 3.38. The first-order chi connectivity index (χ1) is 22.7. The average Bonchev–Trinajstić information content (AvgIpc) is 3.39. The van der Waals surface area contributed by atoms with Crippen LogP contribution in [0.3, 0.4) is 0 Å². The maximum atomic E-state index is 13.1. The molecule has 0 aliphatic carbocycles. The predicted molar refractivity (Wildman–Crippen MR) is 174 cm³/mol. The van der Waals surface area contributed by atoms with Gasteiger partial charge in [-0.1, -0.05) is 23.7 Å². The lowest BCUT2D eigenvalue weighted by atomic mass is 10.00. The van der Waals surface area contributed by atoms with Crippen molar-refractivity contribution in [1.82, 2.24) is 25.4 Å². The second kappa shape index (κ2) is 15.5. The molecule has 14 heteroatoms. The number of aromatic hydroxyl groups is 2. The molecule has 1 aliphatic rings. The second-order valence-corrected chi connectivity index (χ2v) is 11.0. The molecular weight excluding hydrogens is 628 g/mol. The van der Waals surface area contributed by atoms with Gasteiger partial charge in [0.25, 0.3) is 5.91 Å². The monoisotopic (exact) mass is 662 g/mol. The third-order valence-corrected chi connectivity index (χ3v) is 7.59. The molecular formula is C33H35ClN6O7. The van der Waals surface area contributed by atoms with E-state index >= 15 is 0 Å². The number of aromatic nitrogens is 3. The van der Waals surface area contributed by atoms with E-state index in [1.165, 1.54) is 18.2 Å². The summed E-state index contributed by atoms with van der Waals surface area (Å²) in [5, 5.41) is 33.7. The fourth-order valence-electron chi connectivity index (χ4n) is 5.01. The van der Waals surface area contributed by atoms with E-state index in [9.17, 15) is 19.8 Å². The number of phenols is 2. The number of aryl methyl sites for hydroxylation is 1. The van der Waals surface area contributed by atoms with Crippen molar-refractivity contribution in [3.8, 4) is 22.9 Å². The molecule has 47 heavy (non-hydrogen) atoms. The van der Waals surface area contributed by atoms with Crippen molar-refractivity contribution < 1.29 is 34.0 Å². The number of hydrogen-bond donors (Lipinski definition) is 4. The molecule has 0 unspecified atom stereocenters. The molecule has 1 aromatic heterocycles. The van der Waals surface area contributed by atoms with Crippen molar-refractivity contribution in [3.63, 3.8) is 0 Å². The van der Waals surface area contributed by atoms with Crippen molar-refractivity contribution in [2.45, 2.75) is 19.4 Å². The quantitative estimate of drug-likeness (QED) is 0.117. The van der Waals surface area contributed by atoms with Gasteiger partial charge in [0.05, 0.1) is 51.4 Å². The minimum absolute atomic E-state index is 0.0406. The summed E-state index contributed by atoms with van der Waals surface area (Å²) in [5.74, 6) is 0.609. The molecule has 13 nitrogen and oxygen atoms in total. The Morgan fingerprint density at radius 1 is 0.894 bits per heavy atom. The molecule has 3 aromatic carbocycles. The van der Waals surface area contributed by atoms with Crippen molar-refractivity contribution in [2.24, 2.45) is 4.99 Å². The Bertz CT molecular complexity index is 1760. The number of rotatable bonds is 14. The molecule has 1 atom stereocenters. The highest BCUT2D eigenvalue weighted by atomic mass is 35.5. The van der Waals surface area contributed by atoms with Crippen LogP contribution in [0.1, 0.15) is 45.6 Å². The van der Waals surface area contributed by atoms with Crippen LogP contribution in [0.25, 0.3) is 5.69 Å². The zero-order valence-corrected chi connectivity index (χ0v) is 26.7. The fourth-order valence-corrected chi connectivity index (χ4v) is 5.14. The van der Waals surface area contributed by atoms with Gasteiger partial charge in [-0.3, -0.25) is 19.1 Å². The summed E-state index contributed by atoms with van der Waals surface area (Å²) < 4.78 is 18.5. The number of hydrogen-bond acceptors (Lipinski definition) is 10. The molecule has 4 N–H and O–H groups in total. The van der Waals surface area contributed by atoms with E-state index < -0.39 is 11.9 Å². The molecule has 4 aromatic rings. The van der Waals surface area contributed by atoms with E-state index in [0.29, 0.717) is 41.3 Å². The van der Waals surface area contributed by atoms with E-state index in [1.807, 2.05) is 41.8 Å². The standard InChI is InChI=1S/C33H35ClN6O7/c1-20-38-39-32-26(37-31(21-3-6-23(34)7-4-21)25-18-24(45-2)8-9-27(25)40(20)32)19-30(43)35-11-13-46-15-16-47-14-12-36-33(44)22-5-10-28(41)29(42)17-22/h3-10,17-18,26,41-42H,11-16,19H2,1-2H3,(H,35,43)(H,36,44)/t26-/m0/s1. The molecule has 0 fully saturated rings. The SMILES string of the molecule is COc1ccc2c(c1)C(c1ccc(Cl)cc1)=N[C@@H](CC(=O)NCCOCCOCCNC(=O)c1ccc(O)c(O)c1)c1nnc(C)n1-2. The Kier molecular flexibility index (Phi) is 11.0. The van der Waals surface area contributed by atoms with Crippen LogP contribution in [0, 0.1) is 6.92 Å². The van der Waals surface area contributed by atoms with Crippen molar-refractivity contribution in [2.75, 3.05) is 46.6 Å². The predicted octanol–water partition coefficient (Wildman–Crippen LogP) is 3.51. The Balaban J connectivity index is 1.11. The largest absolute Gasteiger partial charge is 0.504 e. The van der Waals surface area contributed by atoms with Gasteiger partial charge in [0.15, 0.2) is 17.3 Å². The number of amides is 2. The Morgan fingerprint density at radius 3 is 2.32 bits per heavy atom. The summed E-state index contributed by atoms with van der Waals surface area (Å²) >= 11 is 6.17. The fraction of sp³-hybridized carbons (Fsp3) is 0.303. The molecule has 2 heterocycles. The normalized spacial score (nSPS) is 13.6. The highest BCUT2D eigenvalue weighted by Gasteiger charge is 2.30. The summed E-state index contributed by atoms with van der Waals surface area (Å²) in [6.45, 7) is 3.54. The molecule has 246 valence electrons. The third-order valence-electron chi connectivity index (χ3n) is 7.34. The van der Waals surface area contributed by atoms with Crippen molar-refractivity contribution >= 4 is 29.1 Å². The van der Waals surface area contributed by atoms with Gasteiger partial charge in [-0.15, -0.1) is 10.2 Å². The molecule has 5 rings (SSSR count). The maximum absolute atomic E-state index is 13.1. The topological polar surface area (TPSA) is 169 Å². The van der Waals surface area contributed by atoms with Gasteiger partial charge in [0.2, 0.25) is 5.91 Å². The minimum atomic E-state index is -0.616. The highest BCUT2D eigenvalue weighted by molar-refractivity contribution is 6.30. The van der Waals surface area contributed by atoms with Crippen LogP contribution in [-0.4, -0.2) is 89.1 Å². The second-order valence-electron chi connectivity index (χ2n) is 10.6.